The van der Waals surface area contributed by atoms with Crippen LogP contribution in [0.25, 0.3) is 0 Å². The lowest BCUT2D eigenvalue weighted by Gasteiger charge is -2.17. The number of ether oxygens (including phenoxy) is 1. The van der Waals surface area contributed by atoms with Gasteiger partial charge in [-0.2, -0.15) is 4.57 Å². The van der Waals surface area contributed by atoms with Gasteiger partial charge in [0.1, 0.15) is 12.3 Å². The zero-order valence-electron chi connectivity index (χ0n) is 15.0. The van der Waals surface area contributed by atoms with E-state index in [0.29, 0.717) is 4.57 Å². The molecule has 0 aliphatic carbocycles. The summed E-state index contributed by atoms with van der Waals surface area (Å²) in [5, 5.41) is 19.2. The van der Waals surface area contributed by atoms with Crippen LogP contribution in [0, 0.1) is 0 Å². The molecule has 1 saturated heterocycles. The van der Waals surface area contributed by atoms with Crippen LogP contribution < -0.4 is 11.2 Å². The van der Waals surface area contributed by atoms with Crippen molar-refractivity contribution in [3.63, 3.8) is 0 Å². The largest absolute Gasteiger partial charge is 0.394 e. The topological polar surface area (TPSA) is 111 Å². The Morgan fingerprint density at radius 3 is 2.57 bits per heavy atom. The molecule has 2 N–H and O–H groups in total. The molecule has 2 aromatic rings. The molecule has 0 radical (unpaired) electrons. The Hall–Kier alpha value is -2.62. The lowest BCUT2D eigenvalue weighted by molar-refractivity contribution is -0.0462. The number of carbonyl (C=O) groups is 1. The van der Waals surface area contributed by atoms with Gasteiger partial charge in [-0.1, -0.05) is 18.2 Å². The molecule has 1 aromatic carbocycles. The quantitative estimate of drug-likeness (QED) is 0.730. The van der Waals surface area contributed by atoms with Crippen molar-refractivity contribution in [1.82, 2.24) is 9.13 Å². The summed E-state index contributed by atoms with van der Waals surface area (Å²) >= 11 is 0. The molecule has 1 fully saturated rings. The van der Waals surface area contributed by atoms with Gasteiger partial charge in [-0.15, -0.1) is 0 Å². The van der Waals surface area contributed by atoms with Crippen molar-refractivity contribution in [2.24, 2.45) is 0 Å². The summed E-state index contributed by atoms with van der Waals surface area (Å²) in [5.74, 6) is -0.802. The van der Waals surface area contributed by atoms with Gasteiger partial charge in [-0.3, -0.25) is 18.5 Å². The van der Waals surface area contributed by atoms with E-state index in [2.05, 4.69) is 0 Å². The minimum Gasteiger partial charge on any atom is -0.394 e. The van der Waals surface area contributed by atoms with Gasteiger partial charge in [-0.05, 0) is 25.0 Å². The van der Waals surface area contributed by atoms with Crippen LogP contribution >= 0.6 is 0 Å². The molecule has 3 rings (SSSR count). The van der Waals surface area contributed by atoms with Crippen molar-refractivity contribution in [2.75, 3.05) is 13.3 Å². The fraction of sp³-hybridized carbons (Fsp3) is 0.421. The number of hydrogen-bond acceptors (Lipinski definition) is 6. The highest BCUT2D eigenvalue weighted by molar-refractivity contribution is 5.95. The summed E-state index contributed by atoms with van der Waals surface area (Å²) in [6.45, 7) is -1.10. The molecule has 1 aliphatic heterocycles. The van der Waals surface area contributed by atoms with Crippen LogP contribution in [0.4, 0.5) is 4.39 Å². The van der Waals surface area contributed by atoms with E-state index in [9.17, 15) is 29.0 Å². The van der Waals surface area contributed by atoms with E-state index in [1.54, 1.807) is 18.2 Å². The first kappa shape index (κ1) is 20.1. The number of aliphatic hydroxyl groups is 2. The van der Waals surface area contributed by atoms with Crippen molar-refractivity contribution >= 4 is 5.91 Å². The first-order valence-corrected chi connectivity index (χ1v) is 8.95. The van der Waals surface area contributed by atoms with Crippen LogP contribution in [0.2, 0.25) is 0 Å². The number of aromatic nitrogens is 2. The van der Waals surface area contributed by atoms with Crippen molar-refractivity contribution in [1.29, 1.82) is 0 Å². The first-order chi connectivity index (χ1) is 13.5. The second-order valence-electron chi connectivity index (χ2n) is 6.56. The van der Waals surface area contributed by atoms with E-state index in [-0.39, 0.29) is 30.4 Å². The molecule has 1 aromatic heterocycles. The molecule has 0 amide bonds. The Kier molecular flexibility index (Phi) is 6.18. The number of halogens is 1. The summed E-state index contributed by atoms with van der Waals surface area (Å²) in [5.41, 5.74) is -1.48. The molecule has 0 unspecified atom stereocenters. The summed E-state index contributed by atoms with van der Waals surface area (Å²) < 4.78 is 19.7. The monoisotopic (exact) mass is 391 g/mol. The predicted molar refractivity (Wildman–Crippen MR) is 97.0 cm³/mol. The second-order valence-corrected chi connectivity index (χ2v) is 6.56. The number of aliphatic hydroxyl groups excluding tert-OH is 2. The minimum absolute atomic E-state index is 0.00537. The maximum Gasteiger partial charge on any atom is 0.340 e. The van der Waals surface area contributed by atoms with Crippen LogP contribution in [0.1, 0.15) is 35.0 Å². The number of nitrogens with zero attached hydrogens (tertiary/aromatic N) is 2. The molecule has 28 heavy (non-hydrogen) atoms. The SMILES string of the molecule is O=C(c1ccccc1)n1c(=O)c(CCC[18F])cn([C@H]2C[C@H](O)[C@@H](CO)O2)c1=O. The summed E-state index contributed by atoms with van der Waals surface area (Å²) in [7, 11) is 0. The number of alkyl halides is 1. The van der Waals surface area contributed by atoms with Gasteiger partial charge < -0.3 is 14.9 Å². The van der Waals surface area contributed by atoms with Crippen molar-refractivity contribution in [3.05, 3.63) is 68.5 Å². The van der Waals surface area contributed by atoms with Crippen molar-refractivity contribution in [3.8, 4) is 0 Å². The van der Waals surface area contributed by atoms with E-state index in [1.165, 1.54) is 18.3 Å². The summed E-state index contributed by atoms with van der Waals surface area (Å²) in [4.78, 5) is 38.5. The summed E-state index contributed by atoms with van der Waals surface area (Å²) in [6.07, 6.45) is -1.49. The Labute approximate surface area is 159 Å². The third-order valence-corrected chi connectivity index (χ3v) is 4.68. The van der Waals surface area contributed by atoms with Gasteiger partial charge >= 0.3 is 5.69 Å². The van der Waals surface area contributed by atoms with Gasteiger partial charge in [0.05, 0.1) is 19.4 Å². The lowest BCUT2D eigenvalue weighted by Crippen LogP contribution is -2.46. The van der Waals surface area contributed by atoms with Crippen LogP contribution in [-0.2, 0) is 11.2 Å². The molecule has 150 valence electrons. The van der Waals surface area contributed by atoms with Crippen LogP contribution in [0.5, 0.6) is 0 Å². The van der Waals surface area contributed by atoms with Gasteiger partial charge in [0, 0.05) is 23.7 Å². The fourth-order valence-electron chi connectivity index (χ4n) is 3.20. The summed E-state index contributed by atoms with van der Waals surface area (Å²) in [6, 6.07) is 7.85. The van der Waals surface area contributed by atoms with E-state index in [4.69, 9.17) is 4.74 Å². The molecule has 2 heterocycles. The molecule has 3 atom stereocenters. The average Bonchev–Trinajstić information content (AvgIpc) is 3.08. The molecular weight excluding hydrogens is 370 g/mol. The second kappa shape index (κ2) is 8.59. The van der Waals surface area contributed by atoms with E-state index in [1.807, 2.05) is 0 Å². The predicted octanol–water partition coefficient (Wildman–Crippen LogP) is 0.241. The Morgan fingerprint density at radius 2 is 1.96 bits per heavy atom. The van der Waals surface area contributed by atoms with E-state index >= 15 is 0 Å². The van der Waals surface area contributed by atoms with E-state index in [0.717, 1.165) is 4.57 Å². The third kappa shape index (κ3) is 3.82. The Bertz CT molecular complexity index is 955. The van der Waals surface area contributed by atoms with Gasteiger partial charge in [0.2, 0.25) is 0 Å². The molecule has 1 aliphatic rings. The third-order valence-electron chi connectivity index (χ3n) is 4.68. The number of benzene rings is 1. The fourth-order valence-corrected chi connectivity index (χ4v) is 3.20. The lowest BCUT2D eigenvalue weighted by atomic mass is 10.1. The van der Waals surface area contributed by atoms with Gasteiger partial charge in [0.25, 0.3) is 11.5 Å². The van der Waals surface area contributed by atoms with Gasteiger partial charge in [-0.25, -0.2) is 4.79 Å². The molecular formula is C19H21FN2O6. The smallest absolute Gasteiger partial charge is 0.340 e. The van der Waals surface area contributed by atoms with Crippen LogP contribution in [-0.4, -0.2) is 50.7 Å². The highest BCUT2D eigenvalue weighted by Crippen LogP contribution is 2.27. The van der Waals surface area contributed by atoms with Gasteiger partial charge in [0.15, 0.2) is 0 Å². The zero-order valence-corrected chi connectivity index (χ0v) is 15.0. The number of rotatable bonds is 6. The highest BCUT2D eigenvalue weighted by Gasteiger charge is 2.36. The first-order valence-electron chi connectivity index (χ1n) is 8.95. The maximum absolute atomic E-state index is 12.9. The molecule has 0 saturated carbocycles. The zero-order chi connectivity index (χ0) is 20.3. The number of carbonyl (C=O) groups excluding carboxylic acids is 1. The Morgan fingerprint density at radius 1 is 1.25 bits per heavy atom. The van der Waals surface area contributed by atoms with Crippen molar-refractivity contribution < 1.29 is 24.1 Å². The minimum atomic E-state index is -0.999. The molecule has 0 bridgehead atoms. The number of aryl methyl sites for hydroxylation is 1. The maximum atomic E-state index is 12.9. The standard InChI is InChI=1S/C19H21FN2O6/c20-8-4-7-13-10-21(16-9-14(24)15(11-23)28-16)19(27)22(18(13)26)17(25)12-5-2-1-3-6-12/h1-3,5-6,10,14-16,23-24H,4,7-9,11H2/t14-,15+,16+/m0/s1/i20-1. The average molecular weight is 391 g/mol. The molecule has 8 nitrogen and oxygen atoms in total. The van der Waals surface area contributed by atoms with Crippen molar-refractivity contribution in [2.45, 2.75) is 37.7 Å². The number of hydrogen-bond donors (Lipinski definition) is 2. The molecule has 0 spiro atoms. The molecule has 9 heteroatoms. The Balaban J connectivity index is 2.12. The van der Waals surface area contributed by atoms with Crippen LogP contribution in [0.3, 0.4) is 0 Å². The highest BCUT2D eigenvalue weighted by atomic mass is 18.2. The normalized spacial score (nSPS) is 21.8. The van der Waals surface area contributed by atoms with E-state index < -0.39 is 48.9 Å². The van der Waals surface area contributed by atoms with Crippen LogP contribution in [0.15, 0.2) is 46.1 Å².